The molecule has 7 heteroatoms. The molecule has 4 rings (SSSR count). The van der Waals surface area contributed by atoms with Gasteiger partial charge in [-0.2, -0.15) is 0 Å². The number of carbonyl (C=O) groups excluding carboxylic acids is 1. The molecule has 3 aromatic rings. The van der Waals surface area contributed by atoms with Crippen molar-refractivity contribution in [3.63, 3.8) is 0 Å². The van der Waals surface area contributed by atoms with Gasteiger partial charge in [-0.05, 0) is 54.6 Å². The number of furan rings is 1. The first kappa shape index (κ1) is 19.0. The van der Waals surface area contributed by atoms with Crippen LogP contribution in [0, 0.1) is 5.82 Å². The lowest BCUT2D eigenvalue weighted by molar-refractivity contribution is 0.0992. The Balaban J connectivity index is 1.36. The Morgan fingerprint density at radius 3 is 2.66 bits per heavy atom. The molecular weight excluding hydrogens is 375 g/mol. The number of anilines is 2. The summed E-state index contributed by atoms with van der Waals surface area (Å²) in [4.78, 5) is 14.7. The van der Waals surface area contributed by atoms with E-state index in [1.165, 1.54) is 24.3 Å². The van der Waals surface area contributed by atoms with Crippen LogP contribution in [-0.4, -0.2) is 32.2 Å². The molecule has 1 saturated heterocycles. The topological polar surface area (TPSA) is 63.9 Å². The summed E-state index contributed by atoms with van der Waals surface area (Å²) in [6, 6.07) is 16.7. The third-order valence-electron chi connectivity index (χ3n) is 4.56. The van der Waals surface area contributed by atoms with E-state index in [-0.39, 0.29) is 24.1 Å². The van der Waals surface area contributed by atoms with Gasteiger partial charge in [0.25, 0.3) is 5.91 Å². The van der Waals surface area contributed by atoms with Gasteiger partial charge in [0.15, 0.2) is 5.76 Å². The largest absolute Gasteiger partial charge is 0.486 e. The number of hydrogen-bond donors (Lipinski definition) is 1. The van der Waals surface area contributed by atoms with Gasteiger partial charge in [-0.15, -0.1) is 0 Å². The molecule has 2 aromatic carbocycles. The number of hydrogen-bond acceptors (Lipinski definition) is 5. The highest BCUT2D eigenvalue weighted by Gasteiger charge is 2.14. The van der Waals surface area contributed by atoms with Crippen molar-refractivity contribution < 1.29 is 23.1 Å². The fraction of sp³-hybridized carbons (Fsp3) is 0.227. The third kappa shape index (κ3) is 4.94. The molecule has 6 nitrogen and oxygen atoms in total. The Bertz CT molecular complexity index is 965. The summed E-state index contributed by atoms with van der Waals surface area (Å²) in [6.07, 6.45) is 0. The highest BCUT2D eigenvalue weighted by Crippen LogP contribution is 2.21. The van der Waals surface area contributed by atoms with Gasteiger partial charge in [-0.3, -0.25) is 4.79 Å². The fourth-order valence-corrected chi connectivity index (χ4v) is 3.06. The van der Waals surface area contributed by atoms with Gasteiger partial charge in [0.2, 0.25) is 0 Å². The molecule has 0 saturated carbocycles. The van der Waals surface area contributed by atoms with E-state index < -0.39 is 0 Å². The van der Waals surface area contributed by atoms with Crippen LogP contribution in [0.2, 0.25) is 0 Å². The summed E-state index contributed by atoms with van der Waals surface area (Å²) in [5.74, 6) is 0.555. The maximum absolute atomic E-state index is 12.9. The maximum Gasteiger partial charge on any atom is 0.291 e. The molecule has 29 heavy (non-hydrogen) atoms. The molecule has 1 aliphatic rings. The quantitative estimate of drug-likeness (QED) is 0.680. The number of nitrogens with zero attached hydrogens (tertiary/aromatic N) is 1. The summed E-state index contributed by atoms with van der Waals surface area (Å²) in [6.45, 7) is 3.20. The molecule has 0 unspecified atom stereocenters. The number of ether oxygens (including phenoxy) is 2. The molecule has 1 aromatic heterocycles. The molecule has 0 radical (unpaired) electrons. The van der Waals surface area contributed by atoms with Crippen molar-refractivity contribution in [1.29, 1.82) is 0 Å². The number of rotatable bonds is 6. The number of amides is 1. The maximum atomic E-state index is 12.9. The zero-order valence-electron chi connectivity index (χ0n) is 15.8. The molecule has 1 amide bonds. The van der Waals surface area contributed by atoms with E-state index in [0.29, 0.717) is 30.4 Å². The summed E-state index contributed by atoms with van der Waals surface area (Å²) in [7, 11) is 0. The predicted octanol–water partition coefficient (Wildman–Crippen LogP) is 4.09. The van der Waals surface area contributed by atoms with Gasteiger partial charge in [-0.25, -0.2) is 4.39 Å². The van der Waals surface area contributed by atoms with Crippen LogP contribution in [0.1, 0.15) is 16.3 Å². The van der Waals surface area contributed by atoms with E-state index in [0.717, 1.165) is 18.8 Å². The molecular formula is C22H21FN2O4. The average Bonchev–Trinajstić information content (AvgIpc) is 3.23. The summed E-state index contributed by atoms with van der Waals surface area (Å²) >= 11 is 0. The van der Waals surface area contributed by atoms with E-state index >= 15 is 0 Å². The first-order valence-corrected chi connectivity index (χ1v) is 9.38. The Morgan fingerprint density at radius 2 is 1.86 bits per heavy atom. The minimum Gasteiger partial charge on any atom is -0.486 e. The lowest BCUT2D eigenvalue weighted by Crippen LogP contribution is -2.36. The van der Waals surface area contributed by atoms with Crippen LogP contribution >= 0.6 is 0 Å². The highest BCUT2D eigenvalue weighted by atomic mass is 19.1. The van der Waals surface area contributed by atoms with Crippen LogP contribution in [0.25, 0.3) is 0 Å². The number of carbonyl (C=O) groups is 1. The van der Waals surface area contributed by atoms with Gasteiger partial charge in [0.1, 0.15) is 23.9 Å². The Hall–Kier alpha value is -3.32. The van der Waals surface area contributed by atoms with Crippen LogP contribution < -0.4 is 15.0 Å². The molecule has 2 heterocycles. The van der Waals surface area contributed by atoms with Crippen molar-refractivity contribution in [2.75, 3.05) is 36.5 Å². The van der Waals surface area contributed by atoms with Gasteiger partial charge in [-0.1, -0.05) is 6.07 Å². The standard InChI is InChI=1S/C22H21FN2O4/c23-16-4-6-19(7-5-16)28-15-20-8-9-21(29-20)22(26)24-17-2-1-3-18(14-17)25-10-12-27-13-11-25/h1-9,14H,10-13,15H2,(H,24,26). The molecule has 1 fully saturated rings. The van der Waals surface area contributed by atoms with Gasteiger partial charge >= 0.3 is 0 Å². The van der Waals surface area contributed by atoms with Crippen LogP contribution in [0.15, 0.2) is 65.1 Å². The van der Waals surface area contributed by atoms with Crippen molar-refractivity contribution in [2.24, 2.45) is 0 Å². The van der Waals surface area contributed by atoms with E-state index in [9.17, 15) is 9.18 Å². The predicted molar refractivity (Wildman–Crippen MR) is 107 cm³/mol. The van der Waals surface area contributed by atoms with Crippen molar-refractivity contribution in [1.82, 2.24) is 0 Å². The highest BCUT2D eigenvalue weighted by molar-refractivity contribution is 6.02. The minimum atomic E-state index is -0.336. The number of morpholine rings is 1. The van der Waals surface area contributed by atoms with Crippen LogP contribution in [0.5, 0.6) is 5.75 Å². The second-order valence-electron chi connectivity index (χ2n) is 6.61. The molecule has 1 N–H and O–H groups in total. The zero-order valence-corrected chi connectivity index (χ0v) is 15.8. The van der Waals surface area contributed by atoms with Gasteiger partial charge in [0.05, 0.1) is 13.2 Å². The average molecular weight is 396 g/mol. The minimum absolute atomic E-state index is 0.144. The monoisotopic (exact) mass is 396 g/mol. The van der Waals surface area contributed by atoms with E-state index in [2.05, 4.69) is 10.2 Å². The smallest absolute Gasteiger partial charge is 0.291 e. The summed E-state index contributed by atoms with van der Waals surface area (Å²) < 4.78 is 29.4. The molecule has 0 bridgehead atoms. The lowest BCUT2D eigenvalue weighted by Gasteiger charge is -2.29. The molecule has 150 valence electrons. The Kier molecular flexibility index (Phi) is 5.76. The molecule has 0 atom stereocenters. The number of halogens is 1. The Labute approximate surface area is 167 Å². The van der Waals surface area contributed by atoms with Crippen LogP contribution in [0.4, 0.5) is 15.8 Å². The van der Waals surface area contributed by atoms with Crippen LogP contribution in [-0.2, 0) is 11.3 Å². The summed E-state index contributed by atoms with van der Waals surface area (Å²) in [5.41, 5.74) is 1.73. The normalized spacial score (nSPS) is 13.9. The van der Waals surface area contributed by atoms with Crippen molar-refractivity contribution >= 4 is 17.3 Å². The van der Waals surface area contributed by atoms with Crippen molar-refractivity contribution in [2.45, 2.75) is 6.61 Å². The fourth-order valence-electron chi connectivity index (χ4n) is 3.06. The first-order chi connectivity index (χ1) is 14.2. The third-order valence-corrected chi connectivity index (χ3v) is 4.56. The van der Waals surface area contributed by atoms with E-state index in [4.69, 9.17) is 13.9 Å². The molecule has 1 aliphatic heterocycles. The molecule has 0 aliphatic carbocycles. The lowest BCUT2D eigenvalue weighted by atomic mass is 10.2. The second kappa shape index (κ2) is 8.79. The van der Waals surface area contributed by atoms with Crippen molar-refractivity contribution in [3.05, 3.63) is 78.0 Å². The number of nitrogens with one attached hydrogen (secondary N) is 1. The number of benzene rings is 2. The zero-order chi connectivity index (χ0) is 20.1. The Morgan fingerprint density at radius 1 is 1.07 bits per heavy atom. The van der Waals surface area contributed by atoms with E-state index in [1.54, 1.807) is 12.1 Å². The van der Waals surface area contributed by atoms with Crippen molar-refractivity contribution in [3.8, 4) is 5.75 Å². The van der Waals surface area contributed by atoms with E-state index in [1.807, 2.05) is 24.3 Å². The SMILES string of the molecule is O=C(Nc1cccc(N2CCOCC2)c1)c1ccc(COc2ccc(F)cc2)o1. The molecule has 0 spiro atoms. The first-order valence-electron chi connectivity index (χ1n) is 9.38. The van der Waals surface area contributed by atoms with Gasteiger partial charge in [0, 0.05) is 24.5 Å². The van der Waals surface area contributed by atoms with Gasteiger partial charge < -0.3 is 24.1 Å². The second-order valence-corrected chi connectivity index (χ2v) is 6.61. The summed E-state index contributed by atoms with van der Waals surface area (Å²) in [5, 5.41) is 2.86. The van der Waals surface area contributed by atoms with Crippen LogP contribution in [0.3, 0.4) is 0 Å².